The van der Waals surface area contributed by atoms with Crippen LogP contribution in [-0.2, 0) is 11.2 Å². The van der Waals surface area contributed by atoms with Gasteiger partial charge in [-0.1, -0.05) is 19.1 Å². The Hall–Kier alpha value is -1.95. The molecule has 0 bridgehead atoms. The Labute approximate surface area is 109 Å². The summed E-state index contributed by atoms with van der Waals surface area (Å²) in [5.74, 6) is -1.07. The molecule has 1 heterocycles. The van der Waals surface area contributed by atoms with Gasteiger partial charge >= 0.3 is 6.03 Å². The van der Waals surface area contributed by atoms with Crippen molar-refractivity contribution in [3.8, 4) is 0 Å². The minimum atomic E-state index is -1.49. The molecule has 0 spiro atoms. The van der Waals surface area contributed by atoms with Gasteiger partial charge in [-0.2, -0.15) is 0 Å². The molecule has 0 saturated carbocycles. The number of urea groups is 1. The second-order valence-corrected chi connectivity index (χ2v) is 4.72. The van der Waals surface area contributed by atoms with Crippen molar-refractivity contribution < 1.29 is 19.1 Å². The monoisotopic (exact) mass is 266 g/mol. The Morgan fingerprint density at radius 1 is 1.42 bits per heavy atom. The molecule has 1 aliphatic heterocycles. The molecule has 6 heteroatoms. The Kier molecular flexibility index (Phi) is 3.28. The first kappa shape index (κ1) is 13.5. The molecule has 2 atom stereocenters. The maximum absolute atomic E-state index is 13.7. The molecule has 2 rings (SSSR count). The van der Waals surface area contributed by atoms with Gasteiger partial charge in [0.2, 0.25) is 0 Å². The second kappa shape index (κ2) is 4.62. The standard InChI is InChI=1S/C13H15FN2O3/c1-3-7-4-5-8(6-9(7)14)10(17)13(2)11(18)15-12(19)16-13/h4-6,10,17H,3H2,1-2H3,(H2,15,16,18,19). The molecule has 0 radical (unpaired) electrons. The van der Waals surface area contributed by atoms with Gasteiger partial charge in [0.15, 0.2) is 0 Å². The van der Waals surface area contributed by atoms with E-state index in [4.69, 9.17) is 0 Å². The number of aliphatic hydroxyl groups excluding tert-OH is 1. The number of aryl methyl sites for hydroxylation is 1. The lowest BCUT2D eigenvalue weighted by molar-refractivity contribution is -0.127. The number of amides is 3. The molecule has 0 aromatic heterocycles. The summed E-state index contributed by atoms with van der Waals surface area (Å²) in [4.78, 5) is 22.8. The summed E-state index contributed by atoms with van der Waals surface area (Å²) in [6.07, 6.45) is -0.782. The van der Waals surface area contributed by atoms with Crippen LogP contribution in [0.1, 0.15) is 31.1 Å². The fraction of sp³-hybridized carbons (Fsp3) is 0.385. The van der Waals surface area contributed by atoms with Gasteiger partial charge in [-0.25, -0.2) is 9.18 Å². The number of hydrogen-bond acceptors (Lipinski definition) is 3. The zero-order chi connectivity index (χ0) is 14.2. The van der Waals surface area contributed by atoms with Gasteiger partial charge in [0.05, 0.1) is 0 Å². The number of benzene rings is 1. The van der Waals surface area contributed by atoms with Gasteiger partial charge < -0.3 is 10.4 Å². The molecule has 1 aromatic carbocycles. The number of aliphatic hydroxyl groups is 1. The van der Waals surface area contributed by atoms with Crippen molar-refractivity contribution in [2.75, 3.05) is 0 Å². The third-order valence-electron chi connectivity index (χ3n) is 3.39. The highest BCUT2D eigenvalue weighted by Gasteiger charge is 2.48. The summed E-state index contributed by atoms with van der Waals surface area (Å²) < 4.78 is 13.7. The Morgan fingerprint density at radius 2 is 2.11 bits per heavy atom. The predicted molar refractivity (Wildman–Crippen MR) is 65.8 cm³/mol. The van der Waals surface area contributed by atoms with Crippen LogP contribution in [-0.4, -0.2) is 22.6 Å². The van der Waals surface area contributed by atoms with Crippen molar-refractivity contribution in [3.63, 3.8) is 0 Å². The molecule has 3 amide bonds. The second-order valence-electron chi connectivity index (χ2n) is 4.72. The van der Waals surface area contributed by atoms with Crippen LogP contribution in [0.15, 0.2) is 18.2 Å². The van der Waals surface area contributed by atoms with E-state index in [0.717, 1.165) is 0 Å². The molecule has 5 nitrogen and oxygen atoms in total. The Balaban J connectivity index is 2.34. The zero-order valence-corrected chi connectivity index (χ0v) is 10.7. The third-order valence-corrected chi connectivity index (χ3v) is 3.39. The van der Waals surface area contributed by atoms with Gasteiger partial charge in [0, 0.05) is 0 Å². The quantitative estimate of drug-likeness (QED) is 0.715. The first-order valence-electron chi connectivity index (χ1n) is 5.98. The molecular formula is C13H15FN2O3. The zero-order valence-electron chi connectivity index (χ0n) is 10.7. The van der Waals surface area contributed by atoms with Crippen LogP contribution in [0.3, 0.4) is 0 Å². The molecule has 3 N–H and O–H groups in total. The molecule has 2 unspecified atom stereocenters. The van der Waals surface area contributed by atoms with Crippen LogP contribution in [0, 0.1) is 5.82 Å². The van der Waals surface area contributed by atoms with E-state index >= 15 is 0 Å². The number of hydrogen-bond donors (Lipinski definition) is 3. The van der Waals surface area contributed by atoms with Crippen LogP contribution in [0.4, 0.5) is 9.18 Å². The summed E-state index contributed by atoms with van der Waals surface area (Å²) in [5, 5.41) is 14.6. The average Bonchev–Trinajstić information content (AvgIpc) is 2.63. The van der Waals surface area contributed by atoms with Crippen molar-refractivity contribution in [1.82, 2.24) is 10.6 Å². The summed E-state index contributed by atoms with van der Waals surface area (Å²) in [7, 11) is 0. The van der Waals surface area contributed by atoms with Crippen molar-refractivity contribution >= 4 is 11.9 Å². The molecule has 19 heavy (non-hydrogen) atoms. The summed E-state index contributed by atoms with van der Waals surface area (Å²) >= 11 is 0. The Morgan fingerprint density at radius 3 is 2.58 bits per heavy atom. The van der Waals surface area contributed by atoms with Crippen molar-refractivity contribution in [2.45, 2.75) is 31.9 Å². The Bertz CT molecular complexity index is 547. The molecule has 1 aromatic rings. The van der Waals surface area contributed by atoms with E-state index in [9.17, 15) is 19.1 Å². The number of imide groups is 1. The highest BCUT2D eigenvalue weighted by molar-refractivity contribution is 6.07. The third kappa shape index (κ3) is 2.19. The van der Waals surface area contributed by atoms with Crippen LogP contribution in [0.5, 0.6) is 0 Å². The number of carbonyl (C=O) groups is 2. The van der Waals surface area contributed by atoms with Crippen molar-refractivity contribution in [1.29, 1.82) is 0 Å². The highest BCUT2D eigenvalue weighted by Crippen LogP contribution is 2.29. The number of rotatable bonds is 3. The first-order valence-corrected chi connectivity index (χ1v) is 5.98. The maximum Gasteiger partial charge on any atom is 0.322 e. The van der Waals surface area contributed by atoms with E-state index in [-0.39, 0.29) is 5.56 Å². The van der Waals surface area contributed by atoms with Crippen LogP contribution in [0.25, 0.3) is 0 Å². The number of halogens is 1. The summed E-state index contributed by atoms with van der Waals surface area (Å²) in [5.41, 5.74) is -0.715. The van der Waals surface area contributed by atoms with Crippen LogP contribution >= 0.6 is 0 Å². The largest absolute Gasteiger partial charge is 0.385 e. The van der Waals surface area contributed by atoms with Gasteiger partial charge in [-0.05, 0) is 30.5 Å². The summed E-state index contributed by atoms with van der Waals surface area (Å²) in [6, 6.07) is 3.63. The predicted octanol–water partition coefficient (Wildman–Crippen LogP) is 1.02. The van der Waals surface area contributed by atoms with Crippen LogP contribution in [0.2, 0.25) is 0 Å². The lowest BCUT2D eigenvalue weighted by Crippen LogP contribution is -2.49. The van der Waals surface area contributed by atoms with E-state index in [1.165, 1.54) is 13.0 Å². The van der Waals surface area contributed by atoms with Gasteiger partial charge in [-0.3, -0.25) is 10.1 Å². The molecule has 0 aliphatic carbocycles. The highest BCUT2D eigenvalue weighted by atomic mass is 19.1. The lowest BCUT2D eigenvalue weighted by atomic mass is 9.89. The molecule has 1 fully saturated rings. The van der Waals surface area contributed by atoms with Gasteiger partial charge in [0.25, 0.3) is 5.91 Å². The minimum Gasteiger partial charge on any atom is -0.385 e. The normalized spacial score (nSPS) is 24.0. The van der Waals surface area contributed by atoms with Gasteiger partial charge in [0.1, 0.15) is 17.5 Å². The number of nitrogens with one attached hydrogen (secondary N) is 2. The molecule has 1 aliphatic rings. The van der Waals surface area contributed by atoms with Gasteiger partial charge in [-0.15, -0.1) is 0 Å². The van der Waals surface area contributed by atoms with Crippen molar-refractivity contribution in [2.24, 2.45) is 0 Å². The van der Waals surface area contributed by atoms with Crippen LogP contribution < -0.4 is 10.6 Å². The molecule has 102 valence electrons. The smallest absolute Gasteiger partial charge is 0.322 e. The molecule has 1 saturated heterocycles. The topological polar surface area (TPSA) is 78.4 Å². The summed E-state index contributed by atoms with van der Waals surface area (Å²) in [6.45, 7) is 3.21. The average molecular weight is 266 g/mol. The van der Waals surface area contributed by atoms with E-state index in [0.29, 0.717) is 12.0 Å². The molecular weight excluding hydrogens is 251 g/mol. The minimum absolute atomic E-state index is 0.245. The maximum atomic E-state index is 13.7. The SMILES string of the molecule is CCc1ccc(C(O)C2(C)NC(=O)NC2=O)cc1F. The fourth-order valence-corrected chi connectivity index (χ4v) is 2.10. The van der Waals surface area contributed by atoms with E-state index in [1.807, 2.05) is 6.92 Å². The van der Waals surface area contributed by atoms with Crippen molar-refractivity contribution in [3.05, 3.63) is 35.1 Å². The first-order chi connectivity index (χ1) is 8.88. The fourth-order valence-electron chi connectivity index (χ4n) is 2.10. The van der Waals surface area contributed by atoms with E-state index < -0.39 is 29.4 Å². The number of carbonyl (C=O) groups excluding carboxylic acids is 2. The van der Waals surface area contributed by atoms with E-state index in [2.05, 4.69) is 10.6 Å². The lowest BCUT2D eigenvalue weighted by Gasteiger charge is -2.27. The van der Waals surface area contributed by atoms with E-state index in [1.54, 1.807) is 12.1 Å².